The van der Waals surface area contributed by atoms with Gasteiger partial charge < -0.3 is 19.1 Å². The Morgan fingerprint density at radius 3 is 2.52 bits per heavy atom. The van der Waals surface area contributed by atoms with E-state index in [0.29, 0.717) is 37.6 Å². The fourth-order valence-electron chi connectivity index (χ4n) is 2.69. The Labute approximate surface area is 171 Å². The van der Waals surface area contributed by atoms with Crippen molar-refractivity contribution in [2.75, 3.05) is 46.6 Å². The van der Waals surface area contributed by atoms with E-state index in [4.69, 9.17) is 9.47 Å². The molecule has 0 atom stereocenters. The van der Waals surface area contributed by atoms with Gasteiger partial charge in [-0.1, -0.05) is 12.1 Å². The molecule has 154 valence electrons. The summed E-state index contributed by atoms with van der Waals surface area (Å²) < 4.78 is 15.2. The first-order chi connectivity index (χ1) is 14.0. The highest BCUT2D eigenvalue weighted by Gasteiger charge is 2.36. The van der Waals surface area contributed by atoms with E-state index in [9.17, 15) is 19.2 Å². The third-order valence-electron chi connectivity index (χ3n) is 4.29. The number of carbonyl (C=O) groups is 4. The van der Waals surface area contributed by atoms with Crippen LogP contribution in [0.2, 0.25) is 0 Å². The first-order valence-electron chi connectivity index (χ1n) is 8.88. The van der Waals surface area contributed by atoms with E-state index < -0.39 is 23.7 Å². The first kappa shape index (κ1) is 20.9. The molecule has 1 aromatic carbocycles. The molecular weight excluding hydrogens is 400 g/mol. The van der Waals surface area contributed by atoms with Crippen molar-refractivity contribution in [1.29, 1.82) is 0 Å². The van der Waals surface area contributed by atoms with Crippen LogP contribution in [0.25, 0.3) is 6.08 Å². The van der Waals surface area contributed by atoms with Gasteiger partial charge in [0.05, 0.1) is 25.2 Å². The average Bonchev–Trinajstić information content (AvgIpc) is 3.00. The van der Waals surface area contributed by atoms with Crippen LogP contribution >= 0.6 is 11.8 Å². The van der Waals surface area contributed by atoms with Crippen LogP contribution in [0.1, 0.15) is 5.56 Å². The second-order valence-corrected chi connectivity index (χ2v) is 7.19. The van der Waals surface area contributed by atoms with Gasteiger partial charge >= 0.3 is 5.97 Å². The number of esters is 1. The van der Waals surface area contributed by atoms with Crippen molar-refractivity contribution in [2.24, 2.45) is 0 Å². The maximum Gasteiger partial charge on any atom is 0.325 e. The van der Waals surface area contributed by atoms with Crippen LogP contribution in [-0.2, 0) is 23.9 Å². The molecule has 0 saturated carbocycles. The van der Waals surface area contributed by atoms with Crippen LogP contribution in [-0.4, -0.2) is 79.4 Å². The number of rotatable bonds is 6. The highest BCUT2D eigenvalue weighted by atomic mass is 32.2. The van der Waals surface area contributed by atoms with Gasteiger partial charge in [0.2, 0.25) is 0 Å². The lowest BCUT2D eigenvalue weighted by atomic mass is 10.2. The Hall–Kier alpha value is -2.85. The molecule has 2 aliphatic heterocycles. The van der Waals surface area contributed by atoms with Gasteiger partial charge in [0.25, 0.3) is 17.1 Å². The van der Waals surface area contributed by atoms with E-state index in [0.717, 1.165) is 16.7 Å². The highest BCUT2D eigenvalue weighted by Crippen LogP contribution is 2.32. The maximum absolute atomic E-state index is 12.3. The summed E-state index contributed by atoms with van der Waals surface area (Å²) in [5, 5.41) is -0.520. The van der Waals surface area contributed by atoms with E-state index >= 15 is 0 Å². The van der Waals surface area contributed by atoms with Crippen molar-refractivity contribution < 1.29 is 33.4 Å². The summed E-state index contributed by atoms with van der Waals surface area (Å²) in [6, 6.07) is 6.78. The molecule has 0 radical (unpaired) electrons. The second-order valence-electron chi connectivity index (χ2n) is 6.19. The quantitative estimate of drug-likeness (QED) is 0.499. The molecule has 2 heterocycles. The van der Waals surface area contributed by atoms with Gasteiger partial charge in [0.15, 0.2) is 6.61 Å². The molecule has 29 heavy (non-hydrogen) atoms. The highest BCUT2D eigenvalue weighted by molar-refractivity contribution is 8.18. The standard InChI is InChI=1S/C19H20N2O7S/c1-26-17(23)11-21-18(24)15(29-19(21)25)10-13-2-4-14(5-3-13)28-12-16(22)20-6-8-27-9-7-20/h2-5,10H,6-9,11-12H2,1H3/b15-10+. The van der Waals surface area contributed by atoms with Crippen LogP contribution in [0.15, 0.2) is 29.2 Å². The number of thioether (sulfide) groups is 1. The smallest absolute Gasteiger partial charge is 0.325 e. The number of nitrogens with zero attached hydrogens (tertiary/aromatic N) is 2. The Kier molecular flexibility index (Phi) is 6.89. The van der Waals surface area contributed by atoms with E-state index in [1.54, 1.807) is 35.2 Å². The molecule has 2 fully saturated rings. The molecule has 9 nitrogen and oxygen atoms in total. The SMILES string of the molecule is COC(=O)CN1C(=O)S/C(=C/c2ccc(OCC(=O)N3CCOCC3)cc2)C1=O. The summed E-state index contributed by atoms with van der Waals surface area (Å²) in [6.45, 7) is 1.71. The summed E-state index contributed by atoms with van der Waals surface area (Å²) in [4.78, 5) is 50.4. The van der Waals surface area contributed by atoms with Crippen molar-refractivity contribution in [3.8, 4) is 5.75 Å². The van der Waals surface area contributed by atoms with Gasteiger partial charge in [-0.3, -0.25) is 24.1 Å². The summed E-state index contributed by atoms with van der Waals surface area (Å²) in [7, 11) is 1.19. The number of amides is 3. The summed E-state index contributed by atoms with van der Waals surface area (Å²) >= 11 is 0.762. The van der Waals surface area contributed by atoms with Crippen LogP contribution < -0.4 is 4.74 Å². The van der Waals surface area contributed by atoms with E-state index in [1.807, 2.05) is 0 Å². The molecule has 0 aromatic heterocycles. The van der Waals surface area contributed by atoms with Crippen LogP contribution in [0.5, 0.6) is 5.75 Å². The van der Waals surface area contributed by atoms with Crippen molar-refractivity contribution in [3.05, 3.63) is 34.7 Å². The predicted octanol–water partition coefficient (Wildman–Crippen LogP) is 1.13. The van der Waals surface area contributed by atoms with E-state index in [2.05, 4.69) is 4.74 Å². The van der Waals surface area contributed by atoms with E-state index in [-0.39, 0.29) is 17.4 Å². The Morgan fingerprint density at radius 2 is 1.86 bits per heavy atom. The van der Waals surface area contributed by atoms with Crippen molar-refractivity contribution in [3.63, 3.8) is 0 Å². The van der Waals surface area contributed by atoms with Gasteiger partial charge in [-0.25, -0.2) is 0 Å². The molecule has 1 aromatic rings. The normalized spacial score (nSPS) is 18.3. The molecule has 10 heteroatoms. The fraction of sp³-hybridized carbons (Fsp3) is 0.368. The number of benzene rings is 1. The van der Waals surface area contributed by atoms with Crippen LogP contribution in [0, 0.1) is 0 Å². The third kappa shape index (κ3) is 5.36. The summed E-state index contributed by atoms with van der Waals surface area (Å²) in [5.41, 5.74) is 0.681. The number of methoxy groups -OCH3 is 1. The van der Waals surface area contributed by atoms with Gasteiger partial charge in [-0.05, 0) is 35.5 Å². The zero-order chi connectivity index (χ0) is 20.8. The summed E-state index contributed by atoms with van der Waals surface area (Å²) in [6.07, 6.45) is 1.56. The van der Waals surface area contributed by atoms with Gasteiger partial charge in [0, 0.05) is 13.1 Å². The van der Waals surface area contributed by atoms with Crippen LogP contribution in [0.3, 0.4) is 0 Å². The molecule has 0 bridgehead atoms. The number of carbonyl (C=O) groups excluding carboxylic acids is 4. The molecule has 0 N–H and O–H groups in total. The minimum Gasteiger partial charge on any atom is -0.484 e. The fourth-order valence-corrected chi connectivity index (χ4v) is 3.53. The minimum atomic E-state index is -0.665. The second kappa shape index (κ2) is 9.57. The van der Waals surface area contributed by atoms with Gasteiger partial charge in [0.1, 0.15) is 12.3 Å². The molecule has 0 aliphatic carbocycles. The van der Waals surface area contributed by atoms with Crippen molar-refractivity contribution >= 4 is 40.9 Å². The number of imide groups is 1. The lowest BCUT2D eigenvalue weighted by Gasteiger charge is -2.26. The molecule has 2 saturated heterocycles. The number of morpholine rings is 1. The van der Waals surface area contributed by atoms with Crippen molar-refractivity contribution in [1.82, 2.24) is 9.80 Å². The topological polar surface area (TPSA) is 102 Å². The lowest BCUT2D eigenvalue weighted by Crippen LogP contribution is -2.42. The van der Waals surface area contributed by atoms with E-state index in [1.165, 1.54) is 7.11 Å². The zero-order valence-electron chi connectivity index (χ0n) is 15.8. The predicted molar refractivity (Wildman–Crippen MR) is 104 cm³/mol. The van der Waals surface area contributed by atoms with Gasteiger partial charge in [-0.2, -0.15) is 0 Å². The van der Waals surface area contributed by atoms with Gasteiger partial charge in [-0.15, -0.1) is 0 Å². The molecule has 3 amide bonds. The number of hydrogen-bond donors (Lipinski definition) is 0. The average molecular weight is 420 g/mol. The third-order valence-corrected chi connectivity index (χ3v) is 5.20. The number of ether oxygens (including phenoxy) is 3. The maximum atomic E-state index is 12.3. The molecular formula is C19H20N2O7S. The molecule has 0 spiro atoms. The minimum absolute atomic E-state index is 0.0637. The number of hydrogen-bond acceptors (Lipinski definition) is 8. The Balaban J connectivity index is 1.57. The largest absolute Gasteiger partial charge is 0.484 e. The summed E-state index contributed by atoms with van der Waals surface area (Å²) in [5.74, 6) is -0.789. The zero-order valence-corrected chi connectivity index (χ0v) is 16.6. The lowest BCUT2D eigenvalue weighted by molar-refractivity contribution is -0.143. The monoisotopic (exact) mass is 420 g/mol. The molecule has 0 unspecified atom stereocenters. The first-order valence-corrected chi connectivity index (χ1v) is 9.70. The molecule has 2 aliphatic rings. The van der Waals surface area contributed by atoms with Crippen LogP contribution in [0.4, 0.5) is 4.79 Å². The van der Waals surface area contributed by atoms with Crippen molar-refractivity contribution in [2.45, 2.75) is 0 Å². The molecule has 3 rings (SSSR count). The Morgan fingerprint density at radius 1 is 1.17 bits per heavy atom. The Bertz CT molecular complexity index is 831.